The van der Waals surface area contributed by atoms with Crippen LogP contribution in [0.2, 0.25) is 0 Å². The minimum atomic E-state index is -0.214. The third kappa shape index (κ3) is 8.35. The molecule has 1 radical (unpaired) electrons. The third-order valence-electron chi connectivity index (χ3n) is 12.1. The number of aromatic nitrogens is 1. The van der Waals surface area contributed by atoms with Crippen LogP contribution in [0, 0.1) is 17.9 Å². The van der Waals surface area contributed by atoms with E-state index in [0.29, 0.717) is 0 Å². The summed E-state index contributed by atoms with van der Waals surface area (Å²) >= 11 is 0. The average Bonchev–Trinajstić information content (AvgIpc) is 3.54. The number of ketones is 1. The molecule has 0 bridgehead atoms. The second kappa shape index (κ2) is 16.4. The fourth-order valence-corrected chi connectivity index (χ4v) is 8.31. The van der Waals surface area contributed by atoms with Gasteiger partial charge in [0.2, 0.25) is 0 Å². The molecule has 1 N–H and O–H groups in total. The van der Waals surface area contributed by atoms with Gasteiger partial charge in [0.05, 0.1) is 7.13 Å². The zero-order valence-corrected chi connectivity index (χ0v) is 37.2. The zero-order valence-electron chi connectivity index (χ0n) is 35.8. The van der Waals surface area contributed by atoms with E-state index < -0.39 is 0 Å². The summed E-state index contributed by atoms with van der Waals surface area (Å²) in [4.78, 5) is 16.8. The number of carbonyl (C=O) groups is 1. The van der Waals surface area contributed by atoms with E-state index in [1.54, 1.807) is 0 Å². The van der Waals surface area contributed by atoms with Gasteiger partial charge in [-0.3, -0.25) is 9.78 Å². The van der Waals surface area contributed by atoms with Crippen molar-refractivity contribution in [3.8, 4) is 11.3 Å². The Hall–Kier alpha value is -3.79. The number of furan rings is 1. The van der Waals surface area contributed by atoms with Gasteiger partial charge in [-0.15, -0.1) is 29.1 Å². The molecule has 0 fully saturated rings. The van der Waals surface area contributed by atoms with Gasteiger partial charge in [-0.05, 0) is 84.1 Å². The van der Waals surface area contributed by atoms with Crippen LogP contribution in [0.25, 0.3) is 54.7 Å². The Kier molecular flexibility index (Phi) is 12.2. The first-order chi connectivity index (χ1) is 25.9. The van der Waals surface area contributed by atoms with Gasteiger partial charge in [0.1, 0.15) is 11.2 Å². The monoisotopic (exact) mass is 916 g/mol. The molecule has 293 valence electrons. The molecule has 2 heterocycles. The van der Waals surface area contributed by atoms with Crippen molar-refractivity contribution in [2.24, 2.45) is 11.8 Å². The molecular formula is C50H60IrNO3-. The van der Waals surface area contributed by atoms with Crippen molar-refractivity contribution in [3.63, 3.8) is 0 Å². The fourth-order valence-electron chi connectivity index (χ4n) is 8.31. The Balaban J connectivity index is 0.000000302. The first-order valence-electron chi connectivity index (χ1n) is 20.6. The maximum Gasteiger partial charge on any atom is 0.162 e. The normalized spacial score (nSPS) is 15.8. The molecule has 0 aliphatic heterocycles. The van der Waals surface area contributed by atoms with E-state index in [4.69, 9.17) is 10.8 Å². The molecule has 1 aliphatic carbocycles. The number of fused-ring (bicyclic) bond motifs is 7. The average molecular weight is 916 g/mol. The molecule has 0 saturated carbocycles. The summed E-state index contributed by atoms with van der Waals surface area (Å²) in [6, 6.07) is 25.6. The first kappa shape index (κ1) is 40.9. The van der Waals surface area contributed by atoms with E-state index in [-0.39, 0.29) is 65.8 Å². The van der Waals surface area contributed by atoms with Crippen LogP contribution in [0.5, 0.6) is 0 Å². The number of pyridine rings is 1. The number of benzene rings is 4. The molecule has 0 atom stereocenters. The van der Waals surface area contributed by atoms with Gasteiger partial charge >= 0.3 is 0 Å². The van der Waals surface area contributed by atoms with Gasteiger partial charge in [-0.2, -0.15) is 0 Å². The Labute approximate surface area is 344 Å². The molecule has 0 saturated heterocycles. The first-order valence-corrected chi connectivity index (χ1v) is 20.1. The van der Waals surface area contributed by atoms with Crippen LogP contribution in [0.4, 0.5) is 0 Å². The quantitative estimate of drug-likeness (QED) is 0.0939. The molecule has 2 aromatic heterocycles. The van der Waals surface area contributed by atoms with Crippen molar-refractivity contribution >= 4 is 49.3 Å². The van der Waals surface area contributed by atoms with Crippen molar-refractivity contribution in [2.75, 3.05) is 0 Å². The minimum Gasteiger partial charge on any atom is -0.512 e. The number of rotatable bonds is 8. The van der Waals surface area contributed by atoms with Gasteiger partial charge in [-0.1, -0.05) is 117 Å². The second-order valence-corrected chi connectivity index (χ2v) is 17.8. The molecule has 5 heteroatoms. The van der Waals surface area contributed by atoms with E-state index in [1.807, 2.05) is 33.9 Å². The molecule has 7 rings (SSSR count). The molecular weight excluding hydrogens is 855 g/mol. The Bertz CT molecular complexity index is 2420. The Morgan fingerprint density at radius 3 is 2.09 bits per heavy atom. The number of aliphatic hydroxyl groups is 1. The predicted molar refractivity (Wildman–Crippen MR) is 229 cm³/mol. The zero-order chi connectivity index (χ0) is 40.0. The van der Waals surface area contributed by atoms with Gasteiger partial charge < -0.3 is 9.52 Å². The standard InChI is InChI=1S/C37H36NO.C13H24O2.Ir/c1-35(2,3)29-17-24(16-22-10-8-9-11-25(22)29)32-19-27-23(21-38-32)12-13-26-28-18-30-31(20-33(28)39-34(26)27)37(6,7)15-14-36(30,4)5;1-5-10(6-2)12(14)9-13(15)11(7-3)8-4;/h8-13,17-21H,14-15H2,1-7H3;9-11,14H,5-8H2,1-4H3;/q-1;;/b;12-9-;/i;9D;. The Morgan fingerprint density at radius 2 is 1.47 bits per heavy atom. The minimum absolute atomic E-state index is 0. The van der Waals surface area contributed by atoms with Crippen molar-refractivity contribution < 1.29 is 35.8 Å². The van der Waals surface area contributed by atoms with E-state index in [1.165, 1.54) is 45.7 Å². The molecule has 6 aromatic rings. The summed E-state index contributed by atoms with van der Waals surface area (Å²) < 4.78 is 14.4. The maximum atomic E-state index is 11.9. The van der Waals surface area contributed by atoms with Crippen LogP contribution >= 0.6 is 0 Å². The summed E-state index contributed by atoms with van der Waals surface area (Å²) in [7, 11) is 0. The number of hydrogen-bond donors (Lipinski definition) is 1. The van der Waals surface area contributed by atoms with Crippen LogP contribution in [0.3, 0.4) is 0 Å². The number of carbonyl (C=O) groups excluding carboxylic acids is 1. The summed E-state index contributed by atoms with van der Waals surface area (Å²) in [5, 5.41) is 16.8. The van der Waals surface area contributed by atoms with E-state index in [9.17, 15) is 9.90 Å². The van der Waals surface area contributed by atoms with Gasteiger partial charge in [0, 0.05) is 71.4 Å². The van der Waals surface area contributed by atoms with Gasteiger partial charge in [0.25, 0.3) is 0 Å². The van der Waals surface area contributed by atoms with E-state index in [2.05, 4.69) is 115 Å². The van der Waals surface area contributed by atoms with E-state index in [0.717, 1.165) is 64.3 Å². The van der Waals surface area contributed by atoms with Crippen LogP contribution in [0.1, 0.15) is 133 Å². The maximum absolute atomic E-state index is 11.9. The van der Waals surface area contributed by atoms with Crippen molar-refractivity contribution in [3.05, 3.63) is 101 Å². The number of nitrogens with zero attached hydrogens (tertiary/aromatic N) is 1. The number of allylic oxidation sites excluding steroid dienone is 2. The molecule has 55 heavy (non-hydrogen) atoms. The van der Waals surface area contributed by atoms with Crippen LogP contribution in [-0.2, 0) is 41.1 Å². The Morgan fingerprint density at radius 1 is 0.855 bits per heavy atom. The molecule has 0 amide bonds. The fraction of sp³-hybridized carbons (Fsp3) is 0.440. The van der Waals surface area contributed by atoms with Crippen molar-refractivity contribution in [1.82, 2.24) is 4.98 Å². The summed E-state index contributed by atoms with van der Waals surface area (Å²) in [6.07, 6.45) is 7.36. The number of aliphatic hydroxyl groups excluding tert-OH is 1. The number of hydrogen-bond acceptors (Lipinski definition) is 4. The predicted octanol–water partition coefficient (Wildman–Crippen LogP) is 14.3. The van der Waals surface area contributed by atoms with Gasteiger partial charge in [-0.25, -0.2) is 0 Å². The van der Waals surface area contributed by atoms with Gasteiger partial charge in [0.15, 0.2) is 5.78 Å². The second-order valence-electron chi connectivity index (χ2n) is 17.8. The molecule has 4 nitrogen and oxygen atoms in total. The summed E-state index contributed by atoms with van der Waals surface area (Å²) in [5.41, 5.74) is 8.39. The molecule has 1 aliphatic rings. The van der Waals surface area contributed by atoms with Crippen LogP contribution in [-0.4, -0.2) is 15.9 Å². The molecule has 0 spiro atoms. The largest absolute Gasteiger partial charge is 0.512 e. The smallest absolute Gasteiger partial charge is 0.162 e. The SMILES string of the molecule is CC(C)(C)c1cc(-c2cc3c(ccc4c5cc6c(cc5oc34)C(C)(C)CCC6(C)C)cn2)[c-]c2ccccc12.[2H]/C(C(=O)C(CC)CC)=C(/O)C(CC)CC.[Ir]. The summed E-state index contributed by atoms with van der Waals surface area (Å²) in [5.74, 6) is -0.411. The summed E-state index contributed by atoms with van der Waals surface area (Å²) in [6.45, 7) is 24.1. The van der Waals surface area contributed by atoms with Crippen LogP contribution < -0.4 is 0 Å². The van der Waals surface area contributed by atoms with Crippen molar-refractivity contribution in [1.29, 1.82) is 0 Å². The van der Waals surface area contributed by atoms with Crippen LogP contribution in [0.15, 0.2) is 83.1 Å². The third-order valence-corrected chi connectivity index (χ3v) is 12.1. The van der Waals surface area contributed by atoms with Crippen molar-refractivity contribution in [2.45, 2.75) is 131 Å². The van der Waals surface area contributed by atoms with E-state index >= 15 is 0 Å². The topological polar surface area (TPSA) is 63.3 Å². The molecule has 0 unspecified atom stereocenters. The molecule has 4 aromatic carbocycles.